The third kappa shape index (κ3) is 6.22. The van der Waals surface area contributed by atoms with Crippen molar-refractivity contribution in [3.63, 3.8) is 0 Å². The highest BCUT2D eigenvalue weighted by molar-refractivity contribution is 5.96. The lowest BCUT2D eigenvalue weighted by molar-refractivity contribution is -0.719. The fraction of sp³-hybridized carbons (Fsp3) is 0.364. The molecule has 0 saturated carbocycles. The van der Waals surface area contributed by atoms with Crippen LogP contribution in [0.25, 0.3) is 0 Å². The first-order valence-electron chi connectivity index (χ1n) is 9.82. The molecule has 4 N–H and O–H groups in total. The Morgan fingerprint density at radius 3 is 2.24 bits per heavy atom. The molecule has 156 valence electrons. The second-order valence-corrected chi connectivity index (χ2v) is 6.51. The molecule has 3 amide bonds. The maximum absolute atomic E-state index is 12.7. The molecule has 29 heavy (non-hydrogen) atoms. The molecule has 2 aromatic carbocycles. The zero-order valence-corrected chi connectivity index (χ0v) is 17.4. The molecule has 0 aliphatic carbocycles. The van der Waals surface area contributed by atoms with Gasteiger partial charge in [-0.2, -0.15) is 0 Å². The summed E-state index contributed by atoms with van der Waals surface area (Å²) >= 11 is 0. The Morgan fingerprint density at radius 2 is 1.62 bits per heavy atom. The monoisotopic (exact) mass is 400 g/mol. The highest BCUT2D eigenvalue weighted by atomic mass is 16.5. The smallest absolute Gasteiger partial charge is 0.321 e. The number of imide groups is 1. The molecule has 0 spiro atoms. The zero-order chi connectivity index (χ0) is 21.2. The van der Waals surface area contributed by atoms with E-state index in [0.29, 0.717) is 24.7 Å². The zero-order valence-electron chi connectivity index (χ0n) is 17.4. The van der Waals surface area contributed by atoms with Crippen LogP contribution >= 0.6 is 0 Å². The van der Waals surface area contributed by atoms with Gasteiger partial charge in [0.15, 0.2) is 17.5 Å². The fourth-order valence-electron chi connectivity index (χ4n) is 3.01. The van der Waals surface area contributed by atoms with E-state index in [1.54, 1.807) is 0 Å². The number of carbonyl (C=O) groups excluding carboxylic acids is 2. The number of hydrogen-bond acceptors (Lipinski definition) is 4. The minimum absolute atomic E-state index is 0.0643. The van der Waals surface area contributed by atoms with Gasteiger partial charge in [-0.3, -0.25) is 10.1 Å². The van der Waals surface area contributed by atoms with E-state index in [0.717, 1.165) is 11.1 Å². The first-order valence-corrected chi connectivity index (χ1v) is 9.82. The van der Waals surface area contributed by atoms with Gasteiger partial charge in [-0.05, 0) is 39.0 Å². The minimum Gasteiger partial charge on any atom is -0.490 e. The van der Waals surface area contributed by atoms with E-state index in [9.17, 15) is 9.59 Å². The summed E-state index contributed by atoms with van der Waals surface area (Å²) in [5, 5.41) is 6.72. The van der Waals surface area contributed by atoms with E-state index < -0.39 is 12.1 Å². The van der Waals surface area contributed by atoms with Gasteiger partial charge in [0.25, 0.3) is 5.91 Å². The molecule has 0 aromatic heterocycles. The largest absolute Gasteiger partial charge is 0.490 e. The number of nitrogens with two attached hydrogens (primary N) is 1. The number of quaternary nitrogens is 1. The summed E-state index contributed by atoms with van der Waals surface area (Å²) in [6.45, 7) is 6.94. The lowest BCUT2D eigenvalue weighted by Gasteiger charge is -2.21. The lowest BCUT2D eigenvalue weighted by atomic mass is 10.0. The number of benzene rings is 2. The Kier molecular flexibility index (Phi) is 8.48. The number of amides is 3. The molecular weight excluding hydrogens is 370 g/mol. The van der Waals surface area contributed by atoms with Crippen LogP contribution in [0.3, 0.4) is 0 Å². The molecule has 7 nitrogen and oxygen atoms in total. The van der Waals surface area contributed by atoms with E-state index in [-0.39, 0.29) is 11.9 Å². The van der Waals surface area contributed by atoms with E-state index in [1.165, 1.54) is 7.05 Å². The van der Waals surface area contributed by atoms with Crippen LogP contribution in [0.15, 0.2) is 48.5 Å². The summed E-state index contributed by atoms with van der Waals surface area (Å²) in [4.78, 5) is 24.4. The second-order valence-electron chi connectivity index (χ2n) is 6.51. The maximum atomic E-state index is 12.7. The van der Waals surface area contributed by atoms with Gasteiger partial charge in [-0.25, -0.2) is 4.79 Å². The normalized spacial score (nSPS) is 12.6. The van der Waals surface area contributed by atoms with Gasteiger partial charge in [-0.1, -0.05) is 30.3 Å². The van der Waals surface area contributed by atoms with Crippen LogP contribution in [0.1, 0.15) is 44.0 Å². The highest BCUT2D eigenvalue weighted by Gasteiger charge is 2.28. The molecule has 0 heterocycles. The van der Waals surface area contributed by atoms with Crippen LogP contribution in [0.5, 0.6) is 11.5 Å². The van der Waals surface area contributed by atoms with Gasteiger partial charge in [0.2, 0.25) is 0 Å². The first kappa shape index (κ1) is 22.2. The predicted molar refractivity (Wildman–Crippen MR) is 111 cm³/mol. The Bertz CT molecular complexity index is 811. The summed E-state index contributed by atoms with van der Waals surface area (Å²) in [6, 6.07) is 14.0. The molecule has 0 unspecified atom stereocenters. The van der Waals surface area contributed by atoms with Gasteiger partial charge in [-0.15, -0.1) is 0 Å². The van der Waals surface area contributed by atoms with Crippen LogP contribution in [-0.4, -0.2) is 32.2 Å². The van der Waals surface area contributed by atoms with Gasteiger partial charge < -0.3 is 20.1 Å². The summed E-state index contributed by atoms with van der Waals surface area (Å²) in [5.74, 6) is 0.999. The van der Waals surface area contributed by atoms with Crippen molar-refractivity contribution in [3.8, 4) is 11.5 Å². The summed E-state index contributed by atoms with van der Waals surface area (Å²) in [6.07, 6.45) is 0. The topological polar surface area (TPSA) is 93.3 Å². The van der Waals surface area contributed by atoms with Crippen molar-refractivity contribution < 1.29 is 24.4 Å². The highest BCUT2D eigenvalue weighted by Crippen LogP contribution is 2.30. The molecule has 0 saturated heterocycles. The quantitative estimate of drug-likeness (QED) is 0.602. The Morgan fingerprint density at radius 1 is 0.966 bits per heavy atom. The summed E-state index contributed by atoms with van der Waals surface area (Å²) in [5.41, 5.74) is 1.81. The van der Waals surface area contributed by atoms with Crippen molar-refractivity contribution in [1.82, 2.24) is 10.6 Å². The molecular formula is C22H30N3O4+. The molecule has 2 aromatic rings. The van der Waals surface area contributed by atoms with Gasteiger partial charge in [0.1, 0.15) is 6.04 Å². The first-order chi connectivity index (χ1) is 14.0. The van der Waals surface area contributed by atoms with E-state index in [4.69, 9.17) is 9.47 Å². The number of hydrogen-bond donors (Lipinski definition) is 3. The third-order valence-electron chi connectivity index (χ3n) is 4.48. The SMILES string of the molecule is CCOc1ccc([C@@H](C)[NH2+][C@H](C(=O)NC(=O)NC)c2ccccc2)cc1OCC. The lowest BCUT2D eigenvalue weighted by Crippen LogP contribution is -2.88. The summed E-state index contributed by atoms with van der Waals surface area (Å²) in [7, 11) is 1.47. The van der Waals surface area contributed by atoms with E-state index >= 15 is 0 Å². The Balaban J connectivity index is 2.27. The molecule has 0 fully saturated rings. The van der Waals surface area contributed by atoms with Crippen molar-refractivity contribution in [2.75, 3.05) is 20.3 Å². The molecule has 0 aliphatic rings. The molecule has 0 aliphatic heterocycles. The van der Waals surface area contributed by atoms with Crippen molar-refractivity contribution in [1.29, 1.82) is 0 Å². The van der Waals surface area contributed by atoms with Crippen LogP contribution in [0.2, 0.25) is 0 Å². The van der Waals surface area contributed by atoms with Gasteiger partial charge in [0.05, 0.1) is 13.2 Å². The summed E-state index contributed by atoms with van der Waals surface area (Å²) < 4.78 is 11.3. The third-order valence-corrected chi connectivity index (χ3v) is 4.48. The van der Waals surface area contributed by atoms with Crippen molar-refractivity contribution in [3.05, 3.63) is 59.7 Å². The number of carbonyl (C=O) groups is 2. The number of urea groups is 1. The average Bonchev–Trinajstić information content (AvgIpc) is 2.73. The molecule has 2 atom stereocenters. The van der Waals surface area contributed by atoms with Crippen LogP contribution in [0.4, 0.5) is 4.79 Å². The number of ether oxygens (including phenoxy) is 2. The Hall–Kier alpha value is -3.06. The van der Waals surface area contributed by atoms with Crippen LogP contribution in [-0.2, 0) is 4.79 Å². The molecule has 7 heteroatoms. The van der Waals surface area contributed by atoms with Crippen LogP contribution in [0, 0.1) is 0 Å². The van der Waals surface area contributed by atoms with Crippen molar-refractivity contribution in [2.24, 2.45) is 0 Å². The standard InChI is InChI=1S/C22H29N3O4/c1-5-28-18-13-12-17(14-19(18)29-6-2)15(3)24-20(16-10-8-7-9-11-16)21(26)25-22(27)23-4/h7-15,20,24H,5-6H2,1-4H3,(H2,23,25,26,27)/p+1/t15-,20+/m1/s1. The molecule has 0 radical (unpaired) electrons. The minimum atomic E-state index is -0.578. The van der Waals surface area contributed by atoms with Crippen LogP contribution < -0.4 is 25.4 Å². The van der Waals surface area contributed by atoms with Crippen molar-refractivity contribution >= 4 is 11.9 Å². The Labute approximate surface area is 171 Å². The number of nitrogens with one attached hydrogen (secondary N) is 2. The van der Waals surface area contributed by atoms with E-state index in [1.807, 2.05) is 74.6 Å². The molecule has 0 bridgehead atoms. The number of rotatable bonds is 9. The van der Waals surface area contributed by atoms with Gasteiger partial charge >= 0.3 is 6.03 Å². The second kappa shape index (κ2) is 11.1. The maximum Gasteiger partial charge on any atom is 0.321 e. The fourth-order valence-corrected chi connectivity index (χ4v) is 3.01. The van der Waals surface area contributed by atoms with Gasteiger partial charge in [0, 0.05) is 18.2 Å². The molecule has 2 rings (SSSR count). The van der Waals surface area contributed by atoms with Crippen molar-refractivity contribution in [2.45, 2.75) is 32.9 Å². The average molecular weight is 400 g/mol. The predicted octanol–water partition coefficient (Wildman–Crippen LogP) is 2.31. The van der Waals surface area contributed by atoms with E-state index in [2.05, 4.69) is 10.6 Å².